The number of nitro benzene ring substituents is 1. The molecule has 0 aliphatic heterocycles. The molecular weight excluding hydrogens is 252 g/mol. The maximum Gasteiger partial charge on any atom is 0.272 e. The van der Waals surface area contributed by atoms with Gasteiger partial charge in [-0.15, -0.1) is 0 Å². The van der Waals surface area contributed by atoms with E-state index < -0.39 is 0 Å². The highest BCUT2D eigenvalue weighted by atomic mass is 16.6. The molecule has 20 heavy (non-hydrogen) atoms. The Balaban J connectivity index is 3.03. The number of aryl methyl sites for hydroxylation is 1. The lowest BCUT2D eigenvalue weighted by Gasteiger charge is -2.29. The number of hydrogen-bond donors (Lipinski definition) is 1. The normalized spacial score (nSPS) is 14.3. The fourth-order valence-corrected chi connectivity index (χ4v) is 2.84. The van der Waals surface area contributed by atoms with Gasteiger partial charge in [0, 0.05) is 23.6 Å². The minimum absolute atomic E-state index is 0.199. The van der Waals surface area contributed by atoms with E-state index in [-0.39, 0.29) is 10.6 Å². The maximum atomic E-state index is 10.9. The van der Waals surface area contributed by atoms with Gasteiger partial charge < -0.3 is 5.32 Å². The zero-order valence-electron chi connectivity index (χ0n) is 13.1. The van der Waals surface area contributed by atoms with Crippen molar-refractivity contribution < 1.29 is 4.92 Å². The van der Waals surface area contributed by atoms with Crippen molar-refractivity contribution >= 4 is 5.69 Å². The number of rotatable bonds is 7. The molecule has 2 atom stereocenters. The first-order chi connectivity index (χ1) is 9.38. The fourth-order valence-electron chi connectivity index (χ4n) is 2.84. The Bertz CT molecular complexity index is 458. The van der Waals surface area contributed by atoms with Gasteiger partial charge in [-0.3, -0.25) is 10.1 Å². The van der Waals surface area contributed by atoms with Crippen molar-refractivity contribution in [1.29, 1.82) is 0 Å². The molecule has 2 unspecified atom stereocenters. The van der Waals surface area contributed by atoms with E-state index in [1.807, 2.05) is 19.1 Å². The Morgan fingerprint density at radius 1 is 1.30 bits per heavy atom. The fraction of sp³-hybridized carbons (Fsp3) is 0.625. The molecular formula is C16H26N2O2. The van der Waals surface area contributed by atoms with E-state index in [0.29, 0.717) is 17.9 Å². The predicted octanol–water partition coefficient (Wildman–Crippen LogP) is 4.03. The maximum absolute atomic E-state index is 10.9. The summed E-state index contributed by atoms with van der Waals surface area (Å²) in [5.41, 5.74) is 2.12. The Labute approximate surface area is 121 Å². The van der Waals surface area contributed by atoms with Crippen LogP contribution < -0.4 is 5.32 Å². The lowest BCUT2D eigenvalue weighted by atomic mass is 9.82. The van der Waals surface area contributed by atoms with Gasteiger partial charge in [-0.2, -0.15) is 0 Å². The van der Waals surface area contributed by atoms with Gasteiger partial charge in [0.1, 0.15) is 0 Å². The third kappa shape index (κ3) is 4.04. The van der Waals surface area contributed by atoms with Crippen molar-refractivity contribution in [2.45, 2.75) is 53.0 Å². The second kappa shape index (κ2) is 7.39. The zero-order chi connectivity index (χ0) is 15.3. The van der Waals surface area contributed by atoms with Gasteiger partial charge in [0.25, 0.3) is 5.69 Å². The minimum atomic E-state index is -0.317. The molecule has 0 aliphatic carbocycles. The predicted molar refractivity (Wildman–Crippen MR) is 83.2 cm³/mol. The summed E-state index contributed by atoms with van der Waals surface area (Å²) in [7, 11) is 0. The molecule has 0 amide bonds. The van der Waals surface area contributed by atoms with E-state index in [0.717, 1.165) is 18.5 Å². The monoisotopic (exact) mass is 278 g/mol. The summed E-state index contributed by atoms with van der Waals surface area (Å²) in [6.45, 7) is 11.5. The summed E-state index contributed by atoms with van der Waals surface area (Å²) in [6, 6.07) is 5.86. The molecule has 1 aromatic rings. The minimum Gasteiger partial charge on any atom is -0.314 e. The lowest BCUT2D eigenvalue weighted by molar-refractivity contribution is -0.385. The van der Waals surface area contributed by atoms with Gasteiger partial charge >= 0.3 is 0 Å². The molecule has 1 aromatic carbocycles. The van der Waals surface area contributed by atoms with Gasteiger partial charge in [0.2, 0.25) is 0 Å². The molecule has 0 bridgehead atoms. The van der Waals surface area contributed by atoms with E-state index in [1.54, 1.807) is 6.07 Å². The summed E-state index contributed by atoms with van der Waals surface area (Å²) in [5.74, 6) is 0.844. The molecule has 0 saturated carbocycles. The number of benzene rings is 1. The van der Waals surface area contributed by atoms with Crippen LogP contribution in [-0.2, 0) is 0 Å². The largest absolute Gasteiger partial charge is 0.314 e. The van der Waals surface area contributed by atoms with E-state index in [4.69, 9.17) is 0 Å². The Morgan fingerprint density at radius 2 is 1.95 bits per heavy atom. The number of nitrogens with zero attached hydrogens (tertiary/aromatic N) is 1. The average molecular weight is 278 g/mol. The summed E-state index contributed by atoms with van der Waals surface area (Å²) in [4.78, 5) is 10.6. The molecule has 1 N–H and O–H groups in total. The third-order valence-corrected chi connectivity index (χ3v) is 3.78. The van der Waals surface area contributed by atoms with Crippen molar-refractivity contribution in [2.24, 2.45) is 5.92 Å². The standard InChI is InChI=1S/C16H26N2O2/c1-6-9-17-13(5)16(11(2)3)14-7-8-15(18(19)20)12(4)10-14/h7-8,10-11,13,16-17H,6,9H2,1-5H3. The summed E-state index contributed by atoms with van der Waals surface area (Å²) >= 11 is 0. The Hall–Kier alpha value is -1.42. The smallest absolute Gasteiger partial charge is 0.272 e. The van der Waals surface area contributed by atoms with Crippen LogP contribution in [0.2, 0.25) is 0 Å². The number of nitrogens with one attached hydrogen (secondary N) is 1. The Kier molecular flexibility index (Phi) is 6.14. The van der Waals surface area contributed by atoms with Gasteiger partial charge in [0.05, 0.1) is 4.92 Å². The van der Waals surface area contributed by atoms with Crippen LogP contribution in [0, 0.1) is 23.0 Å². The second-order valence-corrected chi connectivity index (χ2v) is 5.82. The molecule has 112 valence electrons. The SMILES string of the molecule is CCCNC(C)C(c1ccc([N+](=O)[O-])c(C)c1)C(C)C. The molecule has 0 spiro atoms. The highest BCUT2D eigenvalue weighted by Crippen LogP contribution is 2.31. The van der Waals surface area contributed by atoms with Gasteiger partial charge in [0.15, 0.2) is 0 Å². The van der Waals surface area contributed by atoms with E-state index in [1.165, 1.54) is 5.56 Å². The molecule has 1 rings (SSSR count). The van der Waals surface area contributed by atoms with E-state index in [2.05, 4.69) is 33.0 Å². The molecule has 0 aromatic heterocycles. The van der Waals surface area contributed by atoms with Crippen molar-refractivity contribution in [2.75, 3.05) is 6.54 Å². The van der Waals surface area contributed by atoms with Crippen LogP contribution in [-0.4, -0.2) is 17.5 Å². The van der Waals surface area contributed by atoms with E-state index >= 15 is 0 Å². The lowest BCUT2D eigenvalue weighted by Crippen LogP contribution is -2.35. The van der Waals surface area contributed by atoms with Gasteiger partial charge in [-0.25, -0.2) is 0 Å². The highest BCUT2D eigenvalue weighted by molar-refractivity contribution is 5.43. The summed E-state index contributed by atoms with van der Waals surface area (Å²) in [5, 5.41) is 14.4. The zero-order valence-corrected chi connectivity index (χ0v) is 13.1. The van der Waals surface area contributed by atoms with Crippen LogP contribution in [0.4, 0.5) is 5.69 Å². The third-order valence-electron chi connectivity index (χ3n) is 3.78. The van der Waals surface area contributed by atoms with Crippen molar-refractivity contribution in [3.63, 3.8) is 0 Å². The second-order valence-electron chi connectivity index (χ2n) is 5.82. The van der Waals surface area contributed by atoms with Gasteiger partial charge in [-0.1, -0.05) is 26.8 Å². The molecule has 4 nitrogen and oxygen atoms in total. The Morgan fingerprint density at radius 3 is 2.40 bits per heavy atom. The topological polar surface area (TPSA) is 55.2 Å². The van der Waals surface area contributed by atoms with Crippen LogP contribution in [0.3, 0.4) is 0 Å². The highest BCUT2D eigenvalue weighted by Gasteiger charge is 2.23. The van der Waals surface area contributed by atoms with Crippen LogP contribution in [0.15, 0.2) is 18.2 Å². The van der Waals surface area contributed by atoms with Crippen LogP contribution >= 0.6 is 0 Å². The molecule has 0 aliphatic rings. The number of hydrogen-bond acceptors (Lipinski definition) is 3. The average Bonchev–Trinajstić information content (AvgIpc) is 2.35. The first-order valence-corrected chi connectivity index (χ1v) is 7.36. The van der Waals surface area contributed by atoms with Crippen LogP contribution in [0.5, 0.6) is 0 Å². The first kappa shape index (κ1) is 16.6. The molecule has 4 heteroatoms. The van der Waals surface area contributed by atoms with E-state index in [9.17, 15) is 10.1 Å². The quantitative estimate of drug-likeness (QED) is 0.605. The van der Waals surface area contributed by atoms with Crippen molar-refractivity contribution in [1.82, 2.24) is 5.32 Å². The summed E-state index contributed by atoms with van der Waals surface area (Å²) in [6.07, 6.45) is 1.11. The molecule has 0 heterocycles. The van der Waals surface area contributed by atoms with Crippen molar-refractivity contribution in [3.05, 3.63) is 39.4 Å². The first-order valence-electron chi connectivity index (χ1n) is 7.36. The van der Waals surface area contributed by atoms with Crippen LogP contribution in [0.25, 0.3) is 0 Å². The number of nitro groups is 1. The molecule has 0 saturated heterocycles. The van der Waals surface area contributed by atoms with Crippen LogP contribution in [0.1, 0.15) is 51.2 Å². The summed E-state index contributed by atoms with van der Waals surface area (Å²) < 4.78 is 0. The molecule has 0 radical (unpaired) electrons. The van der Waals surface area contributed by atoms with Crippen molar-refractivity contribution in [3.8, 4) is 0 Å². The molecule has 0 fully saturated rings. The van der Waals surface area contributed by atoms with Gasteiger partial charge in [-0.05, 0) is 44.4 Å².